The molecule has 2 N–H and O–H groups in total. The molecule has 15 heteroatoms. The lowest BCUT2D eigenvalue weighted by molar-refractivity contribution is -0.129. The number of halogens is 3. The van der Waals surface area contributed by atoms with E-state index in [1.165, 1.54) is 29.6 Å². The van der Waals surface area contributed by atoms with Gasteiger partial charge in [0.15, 0.2) is 17.4 Å². The molecule has 3 rings (SSSR count). The molecule has 38 heavy (non-hydrogen) atoms. The zero-order valence-electron chi connectivity index (χ0n) is 21.0. The van der Waals surface area contributed by atoms with Gasteiger partial charge in [0.05, 0.1) is 11.4 Å². The van der Waals surface area contributed by atoms with Gasteiger partial charge in [-0.3, -0.25) is 10.0 Å². The maximum atomic E-state index is 14.8. The molecule has 2 aliphatic rings. The average molecular weight is 578 g/mol. The molecule has 1 aliphatic carbocycles. The fraction of sp³-hybridized carbons (Fsp3) is 0.478. The number of rotatable bonds is 9. The van der Waals surface area contributed by atoms with Gasteiger partial charge in [0, 0.05) is 57.8 Å². The van der Waals surface area contributed by atoms with E-state index in [1.807, 2.05) is 7.05 Å². The van der Waals surface area contributed by atoms with Gasteiger partial charge in [0.25, 0.3) is 5.91 Å². The molecular formula is C23H30ClF2N5O6S. The second-order valence-electron chi connectivity index (χ2n) is 8.93. The molecule has 1 heterocycles. The van der Waals surface area contributed by atoms with Gasteiger partial charge in [-0.05, 0) is 37.8 Å². The molecule has 0 aromatic heterocycles. The molecule has 1 aromatic carbocycles. The number of urea groups is 1. The quantitative estimate of drug-likeness (QED) is 0.340. The van der Waals surface area contributed by atoms with Crippen molar-refractivity contribution in [2.75, 3.05) is 59.9 Å². The number of hydrogen-bond donors (Lipinski definition) is 2. The number of piperazine rings is 1. The highest BCUT2D eigenvalue weighted by molar-refractivity contribution is 7.89. The van der Waals surface area contributed by atoms with Crippen molar-refractivity contribution >= 4 is 33.6 Å². The van der Waals surface area contributed by atoms with Crippen LogP contribution in [0.15, 0.2) is 40.0 Å². The van der Waals surface area contributed by atoms with Crippen LogP contribution in [0.1, 0.15) is 12.8 Å². The first-order valence-corrected chi connectivity index (χ1v) is 13.6. The Balaban J connectivity index is 1.78. The summed E-state index contributed by atoms with van der Waals surface area (Å²) in [5.41, 5.74) is 1.34. The van der Waals surface area contributed by atoms with E-state index >= 15 is 0 Å². The van der Waals surface area contributed by atoms with Gasteiger partial charge >= 0.3 is 6.03 Å². The molecule has 0 saturated carbocycles. The smallest absolute Gasteiger partial charge is 0.319 e. The van der Waals surface area contributed by atoms with Crippen LogP contribution in [0.5, 0.6) is 5.75 Å². The lowest BCUT2D eigenvalue weighted by Gasteiger charge is -2.35. The SMILES string of the molecule is CN1CCN(C(=O)N(C)CCN(CC(=O)NO)S(=O)(=O)c2cc(F)c(OC3=CC=C(Cl)CC3)c(F)c2)CC1. The normalized spacial score (nSPS) is 16.7. The van der Waals surface area contributed by atoms with Crippen LogP contribution in [0.2, 0.25) is 0 Å². The third-order valence-corrected chi connectivity index (χ3v) is 8.27. The van der Waals surface area contributed by atoms with Gasteiger partial charge in [0.2, 0.25) is 10.0 Å². The van der Waals surface area contributed by atoms with Gasteiger partial charge in [-0.15, -0.1) is 0 Å². The van der Waals surface area contributed by atoms with Crippen LogP contribution in [0.4, 0.5) is 13.6 Å². The van der Waals surface area contributed by atoms with Gasteiger partial charge in [0.1, 0.15) is 5.76 Å². The van der Waals surface area contributed by atoms with Crippen molar-refractivity contribution in [3.8, 4) is 5.75 Å². The topological polar surface area (TPSA) is 123 Å². The summed E-state index contributed by atoms with van der Waals surface area (Å²) >= 11 is 5.87. The van der Waals surface area contributed by atoms with Gasteiger partial charge in [-0.1, -0.05) is 11.6 Å². The van der Waals surface area contributed by atoms with Crippen LogP contribution in [-0.2, 0) is 14.8 Å². The van der Waals surface area contributed by atoms with E-state index in [1.54, 1.807) is 4.90 Å². The second kappa shape index (κ2) is 12.8. The molecule has 0 unspecified atom stereocenters. The van der Waals surface area contributed by atoms with Crippen molar-refractivity contribution in [2.24, 2.45) is 0 Å². The Morgan fingerprint density at radius 1 is 1.11 bits per heavy atom. The summed E-state index contributed by atoms with van der Waals surface area (Å²) in [6, 6.07) is 0.847. The number of carbonyl (C=O) groups excluding carboxylic acids is 2. The largest absolute Gasteiger partial charge is 0.456 e. The van der Waals surface area contributed by atoms with Crippen molar-refractivity contribution in [3.05, 3.63) is 46.7 Å². The number of nitrogens with zero attached hydrogens (tertiary/aromatic N) is 4. The molecule has 1 aliphatic heterocycles. The summed E-state index contributed by atoms with van der Waals surface area (Å²) < 4.78 is 62.1. The summed E-state index contributed by atoms with van der Waals surface area (Å²) in [6.45, 7) is 1.03. The predicted molar refractivity (Wildman–Crippen MR) is 134 cm³/mol. The lowest BCUT2D eigenvalue weighted by Crippen LogP contribution is -2.52. The van der Waals surface area contributed by atoms with Crippen molar-refractivity contribution in [2.45, 2.75) is 17.7 Å². The van der Waals surface area contributed by atoms with E-state index in [9.17, 15) is 26.8 Å². The highest BCUT2D eigenvalue weighted by atomic mass is 35.5. The highest BCUT2D eigenvalue weighted by Gasteiger charge is 2.31. The summed E-state index contributed by atoms with van der Waals surface area (Å²) in [4.78, 5) is 28.8. The van der Waals surface area contributed by atoms with Crippen molar-refractivity contribution in [1.29, 1.82) is 0 Å². The van der Waals surface area contributed by atoms with Crippen molar-refractivity contribution in [1.82, 2.24) is 24.5 Å². The van der Waals surface area contributed by atoms with Crippen LogP contribution in [0.25, 0.3) is 0 Å². The molecule has 210 valence electrons. The van der Waals surface area contributed by atoms with Gasteiger partial charge < -0.3 is 19.4 Å². The summed E-state index contributed by atoms with van der Waals surface area (Å²) in [5.74, 6) is -4.13. The molecular weight excluding hydrogens is 548 g/mol. The van der Waals surface area contributed by atoms with Crippen LogP contribution >= 0.6 is 11.6 Å². The predicted octanol–water partition coefficient (Wildman–Crippen LogP) is 1.94. The monoisotopic (exact) mass is 577 g/mol. The average Bonchev–Trinajstić information content (AvgIpc) is 2.89. The van der Waals surface area contributed by atoms with Crippen LogP contribution in [0.3, 0.4) is 0 Å². The number of benzene rings is 1. The maximum Gasteiger partial charge on any atom is 0.319 e. The number of allylic oxidation sites excluding steroid dienone is 4. The third-order valence-electron chi connectivity index (χ3n) is 6.13. The number of hydrogen-bond acceptors (Lipinski definition) is 7. The number of carbonyl (C=O) groups is 2. The Labute approximate surface area is 224 Å². The number of hydroxylamine groups is 1. The molecule has 0 radical (unpaired) electrons. The van der Waals surface area contributed by atoms with E-state index in [4.69, 9.17) is 21.5 Å². The zero-order chi connectivity index (χ0) is 28.0. The molecule has 1 fully saturated rings. The Morgan fingerprint density at radius 3 is 2.29 bits per heavy atom. The Morgan fingerprint density at radius 2 is 1.74 bits per heavy atom. The number of ether oxygens (including phenoxy) is 1. The zero-order valence-corrected chi connectivity index (χ0v) is 22.6. The molecule has 1 aromatic rings. The fourth-order valence-corrected chi connectivity index (χ4v) is 5.39. The summed E-state index contributed by atoms with van der Waals surface area (Å²) in [7, 11) is -1.22. The minimum absolute atomic E-state index is 0.125. The van der Waals surface area contributed by atoms with E-state index in [2.05, 4.69) is 4.90 Å². The Hall–Kier alpha value is -2.78. The van der Waals surface area contributed by atoms with E-state index in [0.717, 1.165) is 0 Å². The number of sulfonamides is 1. The number of nitrogens with one attached hydrogen (secondary N) is 1. The molecule has 0 bridgehead atoms. The lowest BCUT2D eigenvalue weighted by atomic mass is 10.1. The van der Waals surface area contributed by atoms with Crippen molar-refractivity contribution < 1.29 is 36.7 Å². The molecule has 11 nitrogen and oxygen atoms in total. The van der Waals surface area contributed by atoms with Crippen LogP contribution in [-0.4, -0.2) is 104 Å². The summed E-state index contributed by atoms with van der Waals surface area (Å²) in [5, 5.41) is 9.48. The first-order valence-electron chi connectivity index (χ1n) is 11.8. The van der Waals surface area contributed by atoms with Crippen molar-refractivity contribution in [3.63, 3.8) is 0 Å². The maximum absolute atomic E-state index is 14.8. The van der Waals surface area contributed by atoms with E-state index in [-0.39, 0.29) is 24.9 Å². The fourth-order valence-electron chi connectivity index (χ4n) is 3.82. The molecule has 0 atom stereocenters. The van der Waals surface area contributed by atoms with E-state index < -0.39 is 44.8 Å². The first kappa shape index (κ1) is 29.8. The second-order valence-corrected chi connectivity index (χ2v) is 11.4. The van der Waals surface area contributed by atoms with Gasteiger partial charge in [-0.2, -0.15) is 4.31 Å². The van der Waals surface area contributed by atoms with Crippen LogP contribution in [0, 0.1) is 11.6 Å². The highest BCUT2D eigenvalue weighted by Crippen LogP contribution is 2.31. The molecule has 0 spiro atoms. The number of amides is 3. The molecule has 3 amide bonds. The number of likely N-dealkylation sites (N-methyl/N-ethyl adjacent to an activating group) is 2. The Kier molecular flexibility index (Phi) is 10.1. The standard InChI is InChI=1S/C23H30ClF2N5O6S/c1-28-7-10-30(11-8-28)23(33)29(2)9-12-31(15-21(32)27-34)38(35,36)18-13-19(25)22(20(26)14-18)37-17-5-3-16(24)4-6-17/h3,5,13-14,34H,4,6-12,15H2,1-2H3,(H,27,32). The van der Waals surface area contributed by atoms with E-state index in [0.29, 0.717) is 60.5 Å². The third kappa shape index (κ3) is 7.41. The summed E-state index contributed by atoms with van der Waals surface area (Å²) in [6.07, 6.45) is 3.73. The molecule has 1 saturated heterocycles. The Bertz CT molecular complexity index is 1200. The van der Waals surface area contributed by atoms with Gasteiger partial charge in [-0.25, -0.2) is 27.5 Å². The van der Waals surface area contributed by atoms with Crippen LogP contribution < -0.4 is 10.2 Å². The minimum Gasteiger partial charge on any atom is -0.456 e. The first-order chi connectivity index (χ1) is 17.9. The minimum atomic E-state index is -4.64.